The first kappa shape index (κ1) is 12.2. The van der Waals surface area contributed by atoms with Crippen molar-refractivity contribution in [1.82, 2.24) is 0 Å². The van der Waals surface area contributed by atoms with Crippen molar-refractivity contribution in [2.24, 2.45) is 5.73 Å². The van der Waals surface area contributed by atoms with Crippen LogP contribution in [0.5, 0.6) is 0 Å². The lowest BCUT2D eigenvalue weighted by Crippen LogP contribution is -1.96. The summed E-state index contributed by atoms with van der Waals surface area (Å²) in [6.07, 6.45) is 2.96. The van der Waals surface area contributed by atoms with Crippen LogP contribution in [0.4, 0.5) is 0 Å². The summed E-state index contributed by atoms with van der Waals surface area (Å²) in [5, 5.41) is 0. The van der Waals surface area contributed by atoms with Gasteiger partial charge in [-0.1, -0.05) is 20.8 Å². The number of nitrogens with two attached hydrogens (primary N) is 1. The SMILES string of the molecule is CC.CCC#CCCCN. The Balaban J connectivity index is 0. The van der Waals surface area contributed by atoms with Gasteiger partial charge in [-0.3, -0.25) is 0 Å². The lowest BCUT2D eigenvalue weighted by atomic mass is 10.3. The van der Waals surface area contributed by atoms with Gasteiger partial charge in [-0.05, 0) is 13.0 Å². The second-order valence-corrected chi connectivity index (χ2v) is 1.60. The molecule has 1 heteroatoms. The zero-order valence-electron chi connectivity index (χ0n) is 7.41. The fourth-order valence-corrected chi connectivity index (χ4v) is 0.404. The van der Waals surface area contributed by atoms with Crippen LogP contribution in [0, 0.1) is 11.8 Å². The van der Waals surface area contributed by atoms with Gasteiger partial charge in [0.15, 0.2) is 0 Å². The predicted octanol–water partition coefficient (Wildman–Crippen LogP) is 2.16. The molecule has 60 valence electrons. The molecule has 0 rings (SSSR count). The van der Waals surface area contributed by atoms with Crippen LogP contribution < -0.4 is 5.73 Å². The van der Waals surface area contributed by atoms with E-state index in [1.165, 1.54) is 0 Å². The Labute approximate surface area is 65.0 Å². The fourth-order valence-electron chi connectivity index (χ4n) is 0.404. The van der Waals surface area contributed by atoms with E-state index in [0.717, 1.165) is 25.8 Å². The van der Waals surface area contributed by atoms with Gasteiger partial charge in [0.05, 0.1) is 0 Å². The van der Waals surface area contributed by atoms with Gasteiger partial charge < -0.3 is 5.73 Å². The molecule has 0 atom stereocenters. The molecule has 0 bridgehead atoms. The van der Waals surface area contributed by atoms with Crippen LogP contribution in [-0.2, 0) is 0 Å². The molecule has 0 aromatic carbocycles. The predicted molar refractivity (Wildman–Crippen MR) is 47.7 cm³/mol. The van der Waals surface area contributed by atoms with Gasteiger partial charge in [0.2, 0.25) is 0 Å². The molecule has 0 aromatic heterocycles. The lowest BCUT2D eigenvalue weighted by Gasteiger charge is -1.82. The van der Waals surface area contributed by atoms with E-state index in [0.29, 0.717) is 0 Å². The van der Waals surface area contributed by atoms with Gasteiger partial charge >= 0.3 is 0 Å². The summed E-state index contributed by atoms with van der Waals surface area (Å²) >= 11 is 0. The normalized spacial score (nSPS) is 6.80. The molecule has 0 saturated carbocycles. The van der Waals surface area contributed by atoms with Crippen molar-refractivity contribution in [1.29, 1.82) is 0 Å². The Bertz CT molecular complexity index is 86.6. The molecule has 0 fully saturated rings. The quantitative estimate of drug-likeness (QED) is 0.463. The molecule has 0 amide bonds. The number of hydrogen-bond donors (Lipinski definition) is 1. The van der Waals surface area contributed by atoms with E-state index >= 15 is 0 Å². The largest absolute Gasteiger partial charge is 0.330 e. The molecule has 0 aliphatic carbocycles. The molecule has 0 unspecified atom stereocenters. The van der Waals surface area contributed by atoms with Crippen molar-refractivity contribution in [2.45, 2.75) is 40.0 Å². The van der Waals surface area contributed by atoms with Crippen LogP contribution in [0.3, 0.4) is 0 Å². The van der Waals surface area contributed by atoms with Crippen molar-refractivity contribution < 1.29 is 0 Å². The highest BCUT2D eigenvalue weighted by Crippen LogP contribution is 1.81. The summed E-state index contributed by atoms with van der Waals surface area (Å²) in [4.78, 5) is 0. The minimum Gasteiger partial charge on any atom is -0.330 e. The van der Waals surface area contributed by atoms with Gasteiger partial charge in [-0.15, -0.1) is 11.8 Å². The lowest BCUT2D eigenvalue weighted by molar-refractivity contribution is 0.869. The molecule has 10 heavy (non-hydrogen) atoms. The summed E-state index contributed by atoms with van der Waals surface area (Å²) in [6, 6.07) is 0. The average Bonchev–Trinajstić information content (AvgIpc) is 2.02. The highest BCUT2D eigenvalue weighted by Gasteiger charge is 1.73. The minimum atomic E-state index is 0.762. The third-order valence-corrected chi connectivity index (χ3v) is 0.808. The Kier molecular flexibility index (Phi) is 19.3. The van der Waals surface area contributed by atoms with Crippen LogP contribution in [0.2, 0.25) is 0 Å². The Morgan fingerprint density at radius 1 is 1.20 bits per heavy atom. The number of rotatable bonds is 2. The van der Waals surface area contributed by atoms with Crippen LogP contribution in [0.1, 0.15) is 40.0 Å². The maximum Gasteiger partial charge on any atom is 0.0101 e. The Morgan fingerprint density at radius 3 is 2.20 bits per heavy atom. The molecule has 0 heterocycles. The van der Waals surface area contributed by atoms with Gasteiger partial charge in [0, 0.05) is 12.8 Å². The third kappa shape index (κ3) is 15.6. The van der Waals surface area contributed by atoms with Crippen LogP contribution in [0.25, 0.3) is 0 Å². The maximum atomic E-state index is 5.24. The monoisotopic (exact) mass is 141 g/mol. The van der Waals surface area contributed by atoms with E-state index in [-0.39, 0.29) is 0 Å². The van der Waals surface area contributed by atoms with Gasteiger partial charge in [-0.2, -0.15) is 0 Å². The molecule has 0 aliphatic heterocycles. The van der Waals surface area contributed by atoms with Crippen molar-refractivity contribution >= 4 is 0 Å². The van der Waals surface area contributed by atoms with Crippen molar-refractivity contribution in [3.8, 4) is 11.8 Å². The minimum absolute atomic E-state index is 0.762. The van der Waals surface area contributed by atoms with Crippen molar-refractivity contribution in [2.75, 3.05) is 6.54 Å². The molecular weight excluding hydrogens is 122 g/mol. The molecule has 2 N–H and O–H groups in total. The third-order valence-electron chi connectivity index (χ3n) is 0.808. The number of hydrogen-bond acceptors (Lipinski definition) is 1. The van der Waals surface area contributed by atoms with Crippen LogP contribution in [0.15, 0.2) is 0 Å². The molecular formula is C9H19N. The summed E-state index contributed by atoms with van der Waals surface area (Å²) in [7, 11) is 0. The second-order valence-electron chi connectivity index (χ2n) is 1.60. The van der Waals surface area contributed by atoms with Crippen LogP contribution >= 0.6 is 0 Å². The smallest absolute Gasteiger partial charge is 0.0101 e. The first-order valence-electron chi connectivity index (χ1n) is 4.07. The molecule has 0 aromatic rings. The van der Waals surface area contributed by atoms with Gasteiger partial charge in [0.25, 0.3) is 0 Å². The summed E-state index contributed by atoms with van der Waals surface area (Å²) < 4.78 is 0. The molecule has 1 nitrogen and oxygen atoms in total. The van der Waals surface area contributed by atoms with Gasteiger partial charge in [-0.25, -0.2) is 0 Å². The van der Waals surface area contributed by atoms with E-state index < -0.39 is 0 Å². The number of unbranched alkanes of at least 4 members (excludes halogenated alkanes) is 1. The fraction of sp³-hybridized carbons (Fsp3) is 0.778. The Hall–Kier alpha value is -0.480. The van der Waals surface area contributed by atoms with E-state index in [4.69, 9.17) is 5.73 Å². The van der Waals surface area contributed by atoms with E-state index in [1.54, 1.807) is 0 Å². The summed E-state index contributed by atoms with van der Waals surface area (Å²) in [5.41, 5.74) is 5.24. The standard InChI is InChI=1S/C7H13N.C2H6/c1-2-3-4-5-6-7-8;1-2/h2,5-8H2,1H3;1-2H3. The summed E-state index contributed by atoms with van der Waals surface area (Å²) in [6.45, 7) is 6.81. The highest BCUT2D eigenvalue weighted by molar-refractivity contribution is 4.97. The zero-order chi connectivity index (χ0) is 8.24. The van der Waals surface area contributed by atoms with E-state index in [9.17, 15) is 0 Å². The van der Waals surface area contributed by atoms with Crippen LogP contribution in [-0.4, -0.2) is 6.54 Å². The van der Waals surface area contributed by atoms with E-state index in [1.807, 2.05) is 13.8 Å². The maximum absolute atomic E-state index is 5.24. The van der Waals surface area contributed by atoms with Crippen molar-refractivity contribution in [3.63, 3.8) is 0 Å². The topological polar surface area (TPSA) is 26.0 Å². The first-order chi connectivity index (χ1) is 4.91. The molecule has 0 radical (unpaired) electrons. The molecule has 0 spiro atoms. The molecule has 0 saturated heterocycles. The molecule has 0 aliphatic rings. The Morgan fingerprint density at radius 2 is 1.80 bits per heavy atom. The van der Waals surface area contributed by atoms with Crippen molar-refractivity contribution in [3.05, 3.63) is 0 Å². The first-order valence-corrected chi connectivity index (χ1v) is 4.07. The zero-order valence-corrected chi connectivity index (χ0v) is 7.41. The van der Waals surface area contributed by atoms with Gasteiger partial charge in [0.1, 0.15) is 0 Å². The summed E-state index contributed by atoms with van der Waals surface area (Å²) in [5.74, 6) is 5.98. The highest BCUT2D eigenvalue weighted by atomic mass is 14.5. The second kappa shape index (κ2) is 15.8. The van der Waals surface area contributed by atoms with E-state index in [2.05, 4.69) is 18.8 Å². The average molecular weight is 141 g/mol.